The molecular formula is C54H61N11O5S. The van der Waals surface area contributed by atoms with Crippen molar-refractivity contribution >= 4 is 46.5 Å². The number of aromatic hydroxyl groups is 1. The summed E-state index contributed by atoms with van der Waals surface area (Å²) in [5.74, 6) is 0.841. The number of piperazine rings is 1. The molecule has 0 unspecified atom stereocenters. The van der Waals surface area contributed by atoms with Crippen molar-refractivity contribution in [1.82, 2.24) is 40.7 Å². The highest BCUT2D eigenvalue weighted by molar-refractivity contribution is 7.13. The number of aromatic nitrogens is 5. The molecular weight excluding hydrogens is 915 g/mol. The van der Waals surface area contributed by atoms with Gasteiger partial charge < -0.3 is 40.9 Å². The van der Waals surface area contributed by atoms with Gasteiger partial charge >= 0.3 is 0 Å². The molecule has 5 N–H and O–H groups in total. The number of nitrogens with zero attached hydrogens (tertiary/aromatic N) is 8. The van der Waals surface area contributed by atoms with Gasteiger partial charge in [-0.3, -0.25) is 14.4 Å². The van der Waals surface area contributed by atoms with Crippen LogP contribution in [0.2, 0.25) is 0 Å². The number of nitrogens with one attached hydrogen (secondary N) is 3. The summed E-state index contributed by atoms with van der Waals surface area (Å²) in [6.07, 6.45) is 6.15. The zero-order valence-corrected chi connectivity index (χ0v) is 41.4. The molecule has 1 aliphatic carbocycles. The number of fused-ring (bicyclic) bond motifs is 3. The first-order valence-corrected chi connectivity index (χ1v) is 25.6. The Hall–Kier alpha value is -6.98. The number of hydrogen-bond acceptors (Lipinski definition) is 14. The van der Waals surface area contributed by atoms with Crippen molar-refractivity contribution < 1.29 is 24.6 Å². The minimum atomic E-state index is -0.873. The Morgan fingerprint density at radius 2 is 1.59 bits per heavy atom. The van der Waals surface area contributed by atoms with Crippen LogP contribution in [-0.2, 0) is 20.9 Å². The van der Waals surface area contributed by atoms with Crippen molar-refractivity contribution in [1.29, 1.82) is 0 Å². The summed E-state index contributed by atoms with van der Waals surface area (Å²) in [7, 11) is 0. The van der Waals surface area contributed by atoms with Crippen LogP contribution in [0.15, 0.2) is 96.8 Å². The van der Waals surface area contributed by atoms with Crippen LogP contribution in [0, 0.1) is 18.3 Å². The standard InChI is InChI=1S/C54H61N11O5S/c1-32-47(71-31-59-32)37-11-9-33(10-12-37)25-56-51(69)45-23-41(66)30-65(45)52(70)48(54(2,3)4)60-50(68)38-19-17-35(18-20-38)34-13-15-36(16-14-34)39-26-57-53(58-27-39)63-21-22-64-40(29-63)28-55-49-44(64)24-43(61-62-49)42-7-5-6-8-46(42)67/h5-16,24,26-27,31,35,38,40-41,45,48,66-67H,17-23,25,28-30H2,1-4H3,(H,55,62)(H,56,69)(H,60,68)/t35-,38+,40-,41+,45-,48+/m0/s1. The average Bonchev–Trinajstić information content (AvgIpc) is 4.01. The van der Waals surface area contributed by atoms with Crippen LogP contribution >= 0.6 is 11.3 Å². The number of aryl methyl sites for hydroxylation is 1. The first kappa shape index (κ1) is 47.7. The molecule has 0 bridgehead atoms. The summed E-state index contributed by atoms with van der Waals surface area (Å²) < 4.78 is 0. The molecule has 17 heteroatoms. The molecule has 368 valence electrons. The van der Waals surface area contributed by atoms with Crippen molar-refractivity contribution in [3.63, 3.8) is 0 Å². The molecule has 3 aromatic heterocycles. The van der Waals surface area contributed by atoms with Gasteiger partial charge in [0.25, 0.3) is 0 Å². The lowest BCUT2D eigenvalue weighted by Crippen LogP contribution is -2.58. The van der Waals surface area contributed by atoms with Crippen molar-refractivity contribution in [2.75, 3.05) is 47.8 Å². The molecule has 6 heterocycles. The molecule has 10 rings (SSSR count). The molecule has 4 atom stereocenters. The van der Waals surface area contributed by atoms with Gasteiger partial charge in [-0.1, -0.05) is 81.4 Å². The molecule has 0 radical (unpaired) electrons. The Morgan fingerprint density at radius 1 is 0.859 bits per heavy atom. The topological polar surface area (TPSA) is 202 Å². The zero-order valence-electron chi connectivity index (χ0n) is 40.6. The van der Waals surface area contributed by atoms with E-state index in [0.717, 1.165) is 76.8 Å². The number of hydrogen-bond donors (Lipinski definition) is 5. The molecule has 1 saturated carbocycles. The number of phenolic OH excluding ortho intramolecular Hbond substituents is 1. The van der Waals surface area contributed by atoms with Crippen LogP contribution in [0.4, 0.5) is 17.5 Å². The third-order valence-corrected chi connectivity index (χ3v) is 15.7. The van der Waals surface area contributed by atoms with Crippen LogP contribution < -0.4 is 25.8 Å². The smallest absolute Gasteiger partial charge is 0.246 e. The zero-order chi connectivity index (χ0) is 49.4. The van der Waals surface area contributed by atoms with E-state index in [1.807, 2.05) is 88.1 Å². The number of para-hydroxylation sites is 1. The number of thiazole rings is 1. The maximum Gasteiger partial charge on any atom is 0.246 e. The van der Waals surface area contributed by atoms with Crippen molar-refractivity contribution in [2.45, 2.75) is 96.5 Å². The van der Waals surface area contributed by atoms with Crippen LogP contribution in [0.25, 0.3) is 32.8 Å². The number of carbonyl (C=O) groups excluding carboxylic acids is 3. The number of anilines is 3. The van der Waals surface area contributed by atoms with E-state index in [1.165, 1.54) is 10.5 Å². The highest BCUT2D eigenvalue weighted by Crippen LogP contribution is 2.39. The number of likely N-dealkylation sites (tertiary alicyclic amines) is 1. The van der Waals surface area contributed by atoms with Crippen LogP contribution in [0.1, 0.15) is 75.6 Å². The normalized spacial score (nSPS) is 21.4. The lowest BCUT2D eigenvalue weighted by molar-refractivity contribution is -0.144. The van der Waals surface area contributed by atoms with Gasteiger partial charge in [-0.05, 0) is 84.4 Å². The van der Waals surface area contributed by atoms with E-state index in [-0.39, 0.29) is 54.9 Å². The average molecular weight is 976 g/mol. The second-order valence-electron chi connectivity index (χ2n) is 20.5. The fourth-order valence-electron chi connectivity index (χ4n) is 10.6. The third-order valence-electron chi connectivity index (χ3n) is 14.7. The summed E-state index contributed by atoms with van der Waals surface area (Å²) in [4.78, 5) is 62.9. The van der Waals surface area contributed by atoms with Crippen LogP contribution in [0.3, 0.4) is 0 Å². The molecule has 16 nitrogen and oxygen atoms in total. The van der Waals surface area contributed by atoms with E-state index in [9.17, 15) is 24.6 Å². The number of carbonyl (C=O) groups is 3. The number of β-amino-alcohol motifs (C(OH)–C–C–N with tert-alkyl or cyclic N) is 1. The Morgan fingerprint density at radius 3 is 2.30 bits per heavy atom. The third kappa shape index (κ3) is 10.2. The number of phenols is 1. The van der Waals surface area contributed by atoms with E-state index in [1.54, 1.807) is 23.5 Å². The fraction of sp³-hybridized carbons (Fsp3) is 0.407. The molecule has 4 aliphatic rings. The molecule has 6 aromatic rings. The highest BCUT2D eigenvalue weighted by Gasteiger charge is 2.45. The quantitative estimate of drug-likeness (QED) is 0.0895. The first-order chi connectivity index (χ1) is 34.3. The maximum atomic E-state index is 14.3. The molecule has 3 amide bonds. The van der Waals surface area contributed by atoms with Gasteiger partial charge in [0.05, 0.1) is 39.6 Å². The molecule has 3 aliphatic heterocycles. The van der Waals surface area contributed by atoms with Gasteiger partial charge in [-0.15, -0.1) is 21.5 Å². The second-order valence-corrected chi connectivity index (χ2v) is 21.3. The fourth-order valence-corrected chi connectivity index (χ4v) is 11.4. The summed E-state index contributed by atoms with van der Waals surface area (Å²) >= 11 is 1.59. The predicted molar refractivity (Wildman–Crippen MR) is 275 cm³/mol. The van der Waals surface area contributed by atoms with Gasteiger partial charge in [-0.25, -0.2) is 15.0 Å². The first-order valence-electron chi connectivity index (χ1n) is 24.7. The van der Waals surface area contributed by atoms with Gasteiger partial charge in [0.15, 0.2) is 5.82 Å². The lowest BCUT2D eigenvalue weighted by atomic mass is 9.77. The molecule has 0 spiro atoms. The summed E-state index contributed by atoms with van der Waals surface area (Å²) in [6, 6.07) is 24.2. The molecule has 2 saturated heterocycles. The SMILES string of the molecule is Cc1ncsc1-c1ccc(CNC(=O)[C@@H]2C[C@@H](O)CN2C(=O)[C@@H](NC(=O)[C@H]2CC[C@@H](c3ccc(-c4cnc(N5CCN6c7cc(-c8ccccc8O)nnc7NC[C@H]6C5)nc4)cc3)CC2)C(C)(C)C)cc1. The van der Waals surface area contributed by atoms with E-state index in [4.69, 9.17) is 9.97 Å². The number of aliphatic hydroxyl groups is 1. The summed E-state index contributed by atoms with van der Waals surface area (Å²) in [5.41, 5.74) is 9.59. The minimum absolute atomic E-state index is 0.0271. The van der Waals surface area contributed by atoms with Crippen molar-refractivity contribution in [2.24, 2.45) is 11.3 Å². The molecule has 3 aromatic carbocycles. The summed E-state index contributed by atoms with van der Waals surface area (Å²) in [6.45, 7) is 11.0. The molecule has 3 fully saturated rings. The number of benzene rings is 3. The number of aliphatic hydroxyl groups excluding tert-OH is 1. The lowest BCUT2D eigenvalue weighted by Gasteiger charge is -2.45. The Kier molecular flexibility index (Phi) is 13.5. The maximum absolute atomic E-state index is 14.3. The van der Waals surface area contributed by atoms with E-state index < -0.39 is 23.6 Å². The van der Waals surface area contributed by atoms with Gasteiger partial charge in [0.1, 0.15) is 17.8 Å². The Balaban J connectivity index is 0.708. The van der Waals surface area contributed by atoms with Crippen LogP contribution in [-0.4, -0.2) is 115 Å². The Labute approximate surface area is 418 Å². The Bertz CT molecular complexity index is 2880. The van der Waals surface area contributed by atoms with Gasteiger partial charge in [0.2, 0.25) is 23.7 Å². The number of amides is 3. The van der Waals surface area contributed by atoms with Crippen molar-refractivity contribution in [3.05, 3.63) is 114 Å². The van der Waals surface area contributed by atoms with E-state index in [0.29, 0.717) is 42.5 Å². The second kappa shape index (κ2) is 20.0. The minimum Gasteiger partial charge on any atom is -0.507 e. The largest absolute Gasteiger partial charge is 0.507 e. The molecule has 71 heavy (non-hydrogen) atoms. The monoisotopic (exact) mass is 975 g/mol. The van der Waals surface area contributed by atoms with Gasteiger partial charge in [-0.2, -0.15) is 0 Å². The van der Waals surface area contributed by atoms with Gasteiger partial charge in [0, 0.05) is 75.1 Å². The van der Waals surface area contributed by atoms with E-state index >= 15 is 0 Å². The summed E-state index contributed by atoms with van der Waals surface area (Å²) in [5, 5.41) is 39.5. The van der Waals surface area contributed by atoms with E-state index in [2.05, 4.69) is 65.2 Å². The van der Waals surface area contributed by atoms with Crippen molar-refractivity contribution in [3.8, 4) is 38.6 Å². The predicted octanol–water partition coefficient (Wildman–Crippen LogP) is 6.94. The van der Waals surface area contributed by atoms with Crippen LogP contribution in [0.5, 0.6) is 5.75 Å². The number of rotatable bonds is 11. The highest BCUT2D eigenvalue weighted by atomic mass is 32.1.